The second kappa shape index (κ2) is 8.11. The van der Waals surface area contributed by atoms with Crippen LogP contribution in [0.15, 0.2) is 128 Å². The lowest BCUT2D eigenvalue weighted by atomic mass is 9.96. The summed E-state index contributed by atoms with van der Waals surface area (Å²) < 4.78 is 4.61. The topological polar surface area (TPSA) is 8.81 Å². The van der Waals surface area contributed by atoms with Crippen LogP contribution >= 0.6 is 0 Å². The van der Waals surface area contributed by atoms with E-state index in [0.29, 0.717) is 0 Å². The van der Waals surface area contributed by atoms with E-state index in [0.717, 1.165) is 13.1 Å². The maximum absolute atomic E-state index is 2.31. The van der Waals surface area contributed by atoms with Gasteiger partial charge in [-0.2, -0.15) is 0 Å². The molecule has 2 heteroatoms. The Labute approximate surface area is 204 Å². The van der Waals surface area contributed by atoms with Crippen molar-refractivity contribution >= 4 is 43.1 Å². The van der Waals surface area contributed by atoms with Crippen LogP contribution in [0, 0.1) is 0 Å². The first-order chi connectivity index (χ1) is 17.3. The van der Waals surface area contributed by atoms with Crippen molar-refractivity contribution in [2.24, 2.45) is 0 Å². The third-order valence-electron chi connectivity index (χ3n) is 7.19. The van der Waals surface area contributed by atoms with E-state index < -0.39 is 0 Å². The van der Waals surface area contributed by atoms with E-state index in [2.05, 4.69) is 137 Å². The molecular formula is C33H25N2+. The molecule has 0 aliphatic heterocycles. The number of aromatic nitrogens is 2. The fraction of sp³-hybridized carbons (Fsp3) is 0.0606. The molecule has 0 bridgehead atoms. The summed E-state index contributed by atoms with van der Waals surface area (Å²) in [5.41, 5.74) is 2.74. The van der Waals surface area contributed by atoms with E-state index in [1.165, 1.54) is 54.2 Å². The molecule has 0 amide bonds. The predicted molar refractivity (Wildman–Crippen MR) is 146 cm³/mol. The van der Waals surface area contributed by atoms with Gasteiger partial charge in [-0.3, -0.25) is 0 Å². The van der Waals surface area contributed by atoms with Crippen LogP contribution in [0.2, 0.25) is 0 Å². The normalized spacial score (nSPS) is 11.7. The maximum Gasteiger partial charge on any atom is 0.244 e. The van der Waals surface area contributed by atoms with Gasteiger partial charge in [0.15, 0.2) is 0 Å². The van der Waals surface area contributed by atoms with Gasteiger partial charge in [0.05, 0.1) is 0 Å². The van der Waals surface area contributed by atoms with Gasteiger partial charge in [0, 0.05) is 11.1 Å². The number of fused-ring (bicyclic) bond motifs is 4. The number of hydrogen-bond acceptors (Lipinski definition) is 0. The van der Waals surface area contributed by atoms with Gasteiger partial charge < -0.3 is 0 Å². The fourth-order valence-electron chi connectivity index (χ4n) is 5.55. The van der Waals surface area contributed by atoms with Crippen LogP contribution < -0.4 is 4.57 Å². The van der Waals surface area contributed by atoms with Crippen molar-refractivity contribution in [3.63, 3.8) is 0 Å². The molecule has 6 aromatic carbocycles. The SMILES string of the molecule is c1ccc2c(Cn3cc[n+](Cc4c5ccccc5cc5ccccc45)c3)c3ccccc3cc2c1. The Morgan fingerprint density at radius 3 is 1.43 bits per heavy atom. The van der Waals surface area contributed by atoms with Gasteiger partial charge in [0.1, 0.15) is 25.5 Å². The van der Waals surface area contributed by atoms with E-state index in [1.807, 2.05) is 0 Å². The summed E-state index contributed by atoms with van der Waals surface area (Å²) in [4.78, 5) is 0. The number of imidazole rings is 1. The summed E-state index contributed by atoms with van der Waals surface area (Å²) >= 11 is 0. The van der Waals surface area contributed by atoms with E-state index in [4.69, 9.17) is 0 Å². The third-order valence-corrected chi connectivity index (χ3v) is 7.19. The Kier molecular flexibility index (Phi) is 4.63. The molecule has 1 aromatic heterocycles. The fourth-order valence-corrected chi connectivity index (χ4v) is 5.55. The molecule has 0 saturated carbocycles. The minimum atomic E-state index is 0.838. The molecule has 0 aliphatic carbocycles. The summed E-state index contributed by atoms with van der Waals surface area (Å²) in [7, 11) is 0. The molecule has 0 saturated heterocycles. The molecule has 7 rings (SSSR count). The van der Waals surface area contributed by atoms with E-state index >= 15 is 0 Å². The van der Waals surface area contributed by atoms with Crippen molar-refractivity contribution in [3.8, 4) is 0 Å². The van der Waals surface area contributed by atoms with Crippen LogP contribution in [0.3, 0.4) is 0 Å². The first-order valence-electron chi connectivity index (χ1n) is 12.2. The van der Waals surface area contributed by atoms with Crippen LogP contribution in [-0.2, 0) is 13.1 Å². The summed E-state index contributed by atoms with van der Waals surface area (Å²) in [5, 5.41) is 10.5. The molecule has 0 fully saturated rings. The quantitative estimate of drug-likeness (QED) is 0.194. The van der Waals surface area contributed by atoms with Gasteiger partial charge in [0.25, 0.3) is 0 Å². The Morgan fingerprint density at radius 2 is 0.943 bits per heavy atom. The minimum Gasteiger partial charge on any atom is -0.233 e. The summed E-state index contributed by atoms with van der Waals surface area (Å²) in [6.07, 6.45) is 6.64. The highest BCUT2D eigenvalue weighted by molar-refractivity contribution is 6.03. The lowest BCUT2D eigenvalue weighted by Crippen LogP contribution is -2.31. The zero-order valence-electron chi connectivity index (χ0n) is 19.4. The van der Waals surface area contributed by atoms with Crippen LogP contribution in [0.25, 0.3) is 43.1 Å². The monoisotopic (exact) mass is 449 g/mol. The number of benzene rings is 6. The van der Waals surface area contributed by atoms with Crippen molar-refractivity contribution < 1.29 is 4.57 Å². The summed E-state index contributed by atoms with van der Waals surface area (Å²) in [5.74, 6) is 0. The minimum absolute atomic E-state index is 0.838. The Morgan fingerprint density at radius 1 is 0.514 bits per heavy atom. The second-order valence-electron chi connectivity index (χ2n) is 9.35. The van der Waals surface area contributed by atoms with Crippen molar-refractivity contribution in [1.29, 1.82) is 0 Å². The van der Waals surface area contributed by atoms with Crippen LogP contribution in [0.4, 0.5) is 0 Å². The molecule has 35 heavy (non-hydrogen) atoms. The Bertz CT molecular complexity index is 1620. The molecule has 166 valence electrons. The van der Waals surface area contributed by atoms with Crippen molar-refractivity contribution in [3.05, 3.63) is 139 Å². The third kappa shape index (κ3) is 3.46. The molecule has 0 unspecified atom stereocenters. The molecule has 0 aliphatic rings. The van der Waals surface area contributed by atoms with Crippen LogP contribution in [0.5, 0.6) is 0 Å². The van der Waals surface area contributed by atoms with Crippen LogP contribution in [0.1, 0.15) is 11.1 Å². The molecule has 0 atom stereocenters. The lowest BCUT2D eigenvalue weighted by molar-refractivity contribution is -0.687. The second-order valence-corrected chi connectivity index (χ2v) is 9.35. The zero-order chi connectivity index (χ0) is 23.2. The van der Waals surface area contributed by atoms with Gasteiger partial charge in [-0.1, -0.05) is 97.1 Å². The van der Waals surface area contributed by atoms with Crippen molar-refractivity contribution in [2.75, 3.05) is 0 Å². The first kappa shape index (κ1) is 20.0. The molecule has 0 spiro atoms. The molecule has 0 N–H and O–H groups in total. The number of nitrogens with zero attached hydrogens (tertiary/aromatic N) is 2. The number of rotatable bonds is 4. The molecule has 0 radical (unpaired) electrons. The maximum atomic E-state index is 2.31. The van der Waals surface area contributed by atoms with Crippen molar-refractivity contribution in [1.82, 2.24) is 4.57 Å². The van der Waals surface area contributed by atoms with E-state index in [-0.39, 0.29) is 0 Å². The van der Waals surface area contributed by atoms with Gasteiger partial charge in [-0.25, -0.2) is 9.13 Å². The highest BCUT2D eigenvalue weighted by Crippen LogP contribution is 2.30. The van der Waals surface area contributed by atoms with Gasteiger partial charge in [-0.05, 0) is 55.2 Å². The average Bonchev–Trinajstić information content (AvgIpc) is 3.35. The number of hydrogen-bond donors (Lipinski definition) is 0. The Balaban J connectivity index is 1.31. The van der Waals surface area contributed by atoms with E-state index in [1.54, 1.807) is 0 Å². The largest absolute Gasteiger partial charge is 0.244 e. The molecule has 1 heterocycles. The van der Waals surface area contributed by atoms with Gasteiger partial charge >= 0.3 is 0 Å². The predicted octanol–water partition coefficient (Wildman–Crippen LogP) is 7.49. The highest BCUT2D eigenvalue weighted by atomic mass is 15.1. The van der Waals surface area contributed by atoms with Crippen molar-refractivity contribution in [2.45, 2.75) is 13.1 Å². The highest BCUT2D eigenvalue weighted by Gasteiger charge is 2.14. The van der Waals surface area contributed by atoms with Gasteiger partial charge in [0.2, 0.25) is 6.33 Å². The molecule has 7 aromatic rings. The summed E-state index contributed by atoms with van der Waals surface area (Å²) in [6.45, 7) is 1.68. The van der Waals surface area contributed by atoms with Crippen LogP contribution in [-0.4, -0.2) is 4.57 Å². The molecular weight excluding hydrogens is 424 g/mol. The zero-order valence-corrected chi connectivity index (χ0v) is 19.4. The Hall–Kier alpha value is -4.43. The smallest absolute Gasteiger partial charge is 0.233 e. The average molecular weight is 450 g/mol. The summed E-state index contributed by atoms with van der Waals surface area (Å²) in [6, 6.07) is 39.5. The molecule has 2 nitrogen and oxygen atoms in total. The van der Waals surface area contributed by atoms with Gasteiger partial charge in [-0.15, -0.1) is 0 Å². The lowest BCUT2D eigenvalue weighted by Gasteiger charge is -2.10. The standard InChI is InChI=1S/C33H25N2/c1-5-13-28-24(9-1)19-25-10-2-6-14-29(25)32(28)21-34-17-18-35(23-34)22-33-30-15-7-3-11-26(30)20-27-12-4-8-16-31(27)33/h1-20,23H,21-22H2/q+1. The first-order valence-corrected chi connectivity index (χ1v) is 12.2. The van der Waals surface area contributed by atoms with E-state index in [9.17, 15) is 0 Å².